The van der Waals surface area contributed by atoms with Crippen molar-refractivity contribution in [3.63, 3.8) is 0 Å². The zero-order chi connectivity index (χ0) is 13.3. The van der Waals surface area contributed by atoms with Gasteiger partial charge in [0.1, 0.15) is 0 Å². The lowest BCUT2D eigenvalue weighted by Crippen LogP contribution is -2.01. The zero-order valence-corrected chi connectivity index (χ0v) is 11.6. The van der Waals surface area contributed by atoms with Gasteiger partial charge in [0.2, 0.25) is 0 Å². The van der Waals surface area contributed by atoms with E-state index in [4.69, 9.17) is 15.5 Å². The molecular weight excluding hydrogens is 247 g/mol. The molecule has 0 aliphatic heterocycles. The van der Waals surface area contributed by atoms with Crippen LogP contribution in [0, 0.1) is 12.3 Å². The molecule has 1 aromatic rings. The fourth-order valence-electron chi connectivity index (χ4n) is 1.41. The second kappa shape index (κ2) is 8.11. The Bertz CT molecular complexity index is 422. The van der Waals surface area contributed by atoms with Gasteiger partial charge in [-0.25, -0.2) is 0 Å². The number of hydrogen-bond acceptors (Lipinski definition) is 3. The van der Waals surface area contributed by atoms with Crippen molar-refractivity contribution in [2.24, 2.45) is 0 Å². The molecule has 0 saturated heterocycles. The first kappa shape index (κ1) is 15.0. The van der Waals surface area contributed by atoms with Crippen LogP contribution in [-0.4, -0.2) is 13.2 Å². The standard InChI is InChI=1S/C14H19O3P/c1-3-5-12-17-18(15,16-11-4-2)13-14-9-7-6-8-10-14/h1,6-10H,4-5,11-13H2,2H3. The quantitative estimate of drug-likeness (QED) is 0.407. The molecule has 0 amide bonds. The Hall–Kier alpha value is -1.07. The number of hydrogen-bond donors (Lipinski definition) is 0. The molecule has 18 heavy (non-hydrogen) atoms. The van der Waals surface area contributed by atoms with E-state index in [-0.39, 0.29) is 6.61 Å². The molecule has 0 radical (unpaired) electrons. The summed E-state index contributed by atoms with van der Waals surface area (Å²) in [4.78, 5) is 0. The van der Waals surface area contributed by atoms with Gasteiger partial charge in [0.05, 0.1) is 19.4 Å². The fraction of sp³-hybridized carbons (Fsp3) is 0.429. The highest BCUT2D eigenvalue weighted by Gasteiger charge is 2.24. The van der Waals surface area contributed by atoms with Gasteiger partial charge < -0.3 is 9.05 Å². The van der Waals surface area contributed by atoms with Crippen LogP contribution in [0.25, 0.3) is 0 Å². The van der Waals surface area contributed by atoms with Crippen LogP contribution in [0.4, 0.5) is 0 Å². The summed E-state index contributed by atoms with van der Waals surface area (Å²) in [5.41, 5.74) is 0.942. The molecule has 0 aromatic heterocycles. The van der Waals surface area contributed by atoms with Crippen molar-refractivity contribution < 1.29 is 13.6 Å². The third-order valence-electron chi connectivity index (χ3n) is 2.25. The molecule has 98 valence electrons. The molecule has 0 aliphatic rings. The van der Waals surface area contributed by atoms with Gasteiger partial charge in [0.25, 0.3) is 0 Å². The maximum atomic E-state index is 12.5. The van der Waals surface area contributed by atoms with E-state index in [1.807, 2.05) is 37.3 Å². The van der Waals surface area contributed by atoms with Crippen molar-refractivity contribution in [2.45, 2.75) is 25.9 Å². The van der Waals surface area contributed by atoms with Crippen LogP contribution >= 0.6 is 7.60 Å². The molecule has 1 atom stereocenters. The molecule has 0 heterocycles. The van der Waals surface area contributed by atoms with Gasteiger partial charge in [-0.15, -0.1) is 12.3 Å². The van der Waals surface area contributed by atoms with E-state index in [9.17, 15) is 4.57 Å². The Morgan fingerprint density at radius 1 is 1.22 bits per heavy atom. The SMILES string of the molecule is C#CCCOP(=O)(Cc1ccccc1)OCCC. The molecule has 0 bridgehead atoms. The molecule has 1 unspecified atom stereocenters. The van der Waals surface area contributed by atoms with Gasteiger partial charge in [-0.2, -0.15) is 0 Å². The Balaban J connectivity index is 2.65. The summed E-state index contributed by atoms with van der Waals surface area (Å²) in [6, 6.07) is 9.54. The topological polar surface area (TPSA) is 35.5 Å². The minimum absolute atomic E-state index is 0.268. The molecule has 0 fully saturated rings. The third-order valence-corrected chi connectivity index (χ3v) is 4.15. The lowest BCUT2D eigenvalue weighted by atomic mass is 10.2. The first-order valence-corrected chi connectivity index (χ1v) is 7.78. The summed E-state index contributed by atoms with van der Waals surface area (Å²) in [6.07, 6.45) is 6.68. The second-order valence-corrected chi connectivity index (χ2v) is 5.93. The van der Waals surface area contributed by atoms with E-state index in [0.29, 0.717) is 19.2 Å². The summed E-state index contributed by atoms with van der Waals surface area (Å²) in [5.74, 6) is 2.46. The van der Waals surface area contributed by atoms with Crippen molar-refractivity contribution in [3.05, 3.63) is 35.9 Å². The van der Waals surface area contributed by atoms with Gasteiger partial charge in [-0.3, -0.25) is 4.57 Å². The van der Waals surface area contributed by atoms with Crippen LogP contribution in [0.2, 0.25) is 0 Å². The van der Waals surface area contributed by atoms with Crippen LogP contribution in [-0.2, 0) is 19.8 Å². The first-order valence-electron chi connectivity index (χ1n) is 6.05. The van der Waals surface area contributed by atoms with Crippen LogP contribution in [0.15, 0.2) is 30.3 Å². The van der Waals surface area contributed by atoms with Crippen molar-refractivity contribution in [1.82, 2.24) is 0 Å². The summed E-state index contributed by atoms with van der Waals surface area (Å²) < 4.78 is 23.3. The maximum Gasteiger partial charge on any atom is 0.335 e. The molecule has 1 aromatic carbocycles. The van der Waals surface area contributed by atoms with Crippen LogP contribution < -0.4 is 0 Å². The Labute approximate surface area is 109 Å². The lowest BCUT2D eigenvalue weighted by molar-refractivity contribution is 0.206. The van der Waals surface area contributed by atoms with Crippen molar-refractivity contribution in [3.8, 4) is 12.3 Å². The highest BCUT2D eigenvalue weighted by atomic mass is 31.2. The van der Waals surface area contributed by atoms with Gasteiger partial charge in [-0.05, 0) is 12.0 Å². The minimum atomic E-state index is -3.08. The van der Waals surface area contributed by atoms with Crippen LogP contribution in [0.1, 0.15) is 25.3 Å². The highest BCUT2D eigenvalue weighted by molar-refractivity contribution is 7.53. The van der Waals surface area contributed by atoms with Crippen LogP contribution in [0.3, 0.4) is 0 Å². The van der Waals surface area contributed by atoms with Crippen molar-refractivity contribution in [1.29, 1.82) is 0 Å². The summed E-state index contributed by atoms with van der Waals surface area (Å²) >= 11 is 0. The van der Waals surface area contributed by atoms with E-state index in [1.165, 1.54) is 0 Å². The fourth-order valence-corrected chi connectivity index (χ4v) is 3.15. The average molecular weight is 266 g/mol. The second-order valence-electron chi connectivity index (χ2n) is 3.88. The minimum Gasteiger partial charge on any atom is -0.308 e. The lowest BCUT2D eigenvalue weighted by Gasteiger charge is -2.18. The van der Waals surface area contributed by atoms with Gasteiger partial charge in [0.15, 0.2) is 0 Å². The Morgan fingerprint density at radius 2 is 1.89 bits per heavy atom. The molecule has 3 nitrogen and oxygen atoms in total. The normalized spacial score (nSPS) is 13.8. The van der Waals surface area contributed by atoms with Crippen molar-refractivity contribution in [2.75, 3.05) is 13.2 Å². The largest absolute Gasteiger partial charge is 0.335 e. The number of terminal acetylenes is 1. The van der Waals surface area contributed by atoms with E-state index in [2.05, 4.69) is 5.92 Å². The summed E-state index contributed by atoms with van der Waals surface area (Å²) in [7, 11) is -3.08. The average Bonchev–Trinajstić information content (AvgIpc) is 2.38. The molecule has 0 N–H and O–H groups in total. The first-order chi connectivity index (χ1) is 8.70. The predicted molar refractivity (Wildman–Crippen MR) is 73.4 cm³/mol. The van der Waals surface area contributed by atoms with Gasteiger partial charge in [-0.1, -0.05) is 37.3 Å². The molecule has 0 aliphatic carbocycles. The molecular formula is C14H19O3P. The Kier molecular flexibility index (Phi) is 6.75. The van der Waals surface area contributed by atoms with Gasteiger partial charge >= 0.3 is 7.60 Å². The smallest absolute Gasteiger partial charge is 0.308 e. The molecule has 1 rings (SSSR count). The van der Waals surface area contributed by atoms with E-state index >= 15 is 0 Å². The van der Waals surface area contributed by atoms with Crippen molar-refractivity contribution >= 4 is 7.60 Å². The Morgan fingerprint density at radius 3 is 2.50 bits per heavy atom. The molecule has 0 saturated carbocycles. The summed E-state index contributed by atoms with van der Waals surface area (Å²) in [6.45, 7) is 2.67. The number of benzene rings is 1. The van der Waals surface area contributed by atoms with Gasteiger partial charge in [0, 0.05) is 6.42 Å². The highest BCUT2D eigenvalue weighted by Crippen LogP contribution is 2.51. The van der Waals surface area contributed by atoms with E-state index in [1.54, 1.807) is 0 Å². The maximum absolute atomic E-state index is 12.5. The molecule has 4 heteroatoms. The number of rotatable bonds is 8. The predicted octanol–water partition coefficient (Wildman–Crippen LogP) is 3.85. The van der Waals surface area contributed by atoms with Crippen LogP contribution in [0.5, 0.6) is 0 Å². The zero-order valence-electron chi connectivity index (χ0n) is 10.7. The molecule has 0 spiro atoms. The third kappa shape index (κ3) is 5.51. The monoisotopic (exact) mass is 266 g/mol. The van der Waals surface area contributed by atoms with E-state index < -0.39 is 7.60 Å². The van der Waals surface area contributed by atoms with E-state index in [0.717, 1.165) is 12.0 Å². The summed E-state index contributed by atoms with van der Waals surface area (Å²) in [5, 5.41) is 0.